The van der Waals surface area contributed by atoms with Gasteiger partial charge < -0.3 is 13.8 Å². The van der Waals surface area contributed by atoms with E-state index < -0.39 is 22.0 Å². The SMILES string of the molecule is C=C(C)C(=O)OCCCCCC(OP(=O)(OCC)OCC)P(OCC)OCC. The summed E-state index contributed by atoms with van der Waals surface area (Å²) in [4.78, 5) is 11.4. The van der Waals surface area contributed by atoms with E-state index in [0.29, 0.717) is 38.2 Å². The van der Waals surface area contributed by atoms with Gasteiger partial charge in [0.05, 0.1) is 33.0 Å². The lowest BCUT2D eigenvalue weighted by molar-refractivity contribution is -0.139. The molecule has 0 rings (SSSR count). The van der Waals surface area contributed by atoms with Crippen LogP contribution in [-0.2, 0) is 36.7 Å². The number of phosphoric acid groups is 1. The van der Waals surface area contributed by atoms with Crippen LogP contribution in [-0.4, -0.2) is 44.8 Å². The van der Waals surface area contributed by atoms with Crippen LogP contribution < -0.4 is 0 Å². The number of phosphoric ester groups is 1. The molecular formula is C18H36O8P2. The number of unbranched alkanes of at least 4 members (excludes halogenated alkanes) is 2. The van der Waals surface area contributed by atoms with E-state index in [2.05, 4.69) is 6.58 Å². The Morgan fingerprint density at radius 3 is 2.00 bits per heavy atom. The molecule has 10 heteroatoms. The highest BCUT2D eigenvalue weighted by Crippen LogP contribution is 2.58. The first kappa shape index (κ1) is 27.7. The summed E-state index contributed by atoms with van der Waals surface area (Å²) in [7, 11) is -5.09. The Bertz CT molecular complexity index is 470. The summed E-state index contributed by atoms with van der Waals surface area (Å²) in [6.45, 7) is 14.0. The van der Waals surface area contributed by atoms with Gasteiger partial charge in [0.2, 0.25) is 8.38 Å². The Morgan fingerprint density at radius 2 is 1.54 bits per heavy atom. The molecular weight excluding hydrogens is 406 g/mol. The van der Waals surface area contributed by atoms with E-state index in [4.69, 9.17) is 27.4 Å². The van der Waals surface area contributed by atoms with Crippen LogP contribution in [0.4, 0.5) is 0 Å². The van der Waals surface area contributed by atoms with Crippen molar-refractivity contribution in [3.8, 4) is 0 Å². The third-order valence-corrected chi connectivity index (χ3v) is 6.94. The third-order valence-electron chi connectivity index (χ3n) is 3.25. The van der Waals surface area contributed by atoms with Crippen molar-refractivity contribution in [3.05, 3.63) is 12.2 Å². The minimum Gasteiger partial charge on any atom is -0.462 e. The molecule has 166 valence electrons. The Kier molecular flexibility index (Phi) is 16.3. The minimum absolute atomic E-state index is 0.208. The summed E-state index contributed by atoms with van der Waals surface area (Å²) in [6, 6.07) is 0. The van der Waals surface area contributed by atoms with E-state index in [-0.39, 0.29) is 19.2 Å². The van der Waals surface area contributed by atoms with Gasteiger partial charge in [-0.3, -0.25) is 13.6 Å². The van der Waals surface area contributed by atoms with Gasteiger partial charge in [0.1, 0.15) is 5.85 Å². The topological polar surface area (TPSA) is 89.5 Å². The molecule has 0 bridgehead atoms. The van der Waals surface area contributed by atoms with E-state index in [0.717, 1.165) is 12.8 Å². The quantitative estimate of drug-likeness (QED) is 0.118. The van der Waals surface area contributed by atoms with Crippen LogP contribution in [0.1, 0.15) is 60.3 Å². The summed E-state index contributed by atoms with van der Waals surface area (Å²) < 4.78 is 45.5. The molecule has 0 aromatic heterocycles. The second kappa shape index (κ2) is 16.5. The predicted octanol–water partition coefficient (Wildman–Crippen LogP) is 5.57. The second-order valence-corrected chi connectivity index (χ2v) is 9.01. The maximum absolute atomic E-state index is 12.8. The number of carbonyl (C=O) groups is 1. The molecule has 0 aromatic carbocycles. The van der Waals surface area contributed by atoms with Crippen molar-refractivity contribution < 1.29 is 36.7 Å². The zero-order chi connectivity index (χ0) is 21.4. The van der Waals surface area contributed by atoms with Crippen LogP contribution >= 0.6 is 16.2 Å². The molecule has 0 N–H and O–H groups in total. The van der Waals surface area contributed by atoms with E-state index in [9.17, 15) is 9.36 Å². The molecule has 0 aliphatic rings. The van der Waals surface area contributed by atoms with Crippen LogP contribution in [0.5, 0.6) is 0 Å². The lowest BCUT2D eigenvalue weighted by Crippen LogP contribution is -2.15. The van der Waals surface area contributed by atoms with Gasteiger partial charge in [-0.15, -0.1) is 0 Å². The average Bonchev–Trinajstić information content (AvgIpc) is 2.63. The largest absolute Gasteiger partial charge is 0.475 e. The molecule has 0 aliphatic carbocycles. The van der Waals surface area contributed by atoms with Crippen molar-refractivity contribution in [2.24, 2.45) is 0 Å². The van der Waals surface area contributed by atoms with Crippen molar-refractivity contribution >= 4 is 22.2 Å². The van der Waals surface area contributed by atoms with Crippen LogP contribution in [0.25, 0.3) is 0 Å². The van der Waals surface area contributed by atoms with Crippen LogP contribution in [0.15, 0.2) is 12.2 Å². The van der Waals surface area contributed by atoms with Gasteiger partial charge in [0, 0.05) is 5.57 Å². The lowest BCUT2D eigenvalue weighted by Gasteiger charge is -2.28. The standard InChI is InChI=1S/C18H36O8P2/c1-7-22-27(23-8-2)17(26-28(20,24-9-3)25-10-4)14-12-11-13-15-21-18(19)16(5)6/h17H,5,7-15H2,1-4,6H3. The fourth-order valence-electron chi connectivity index (χ4n) is 2.10. The highest BCUT2D eigenvalue weighted by Gasteiger charge is 2.35. The third kappa shape index (κ3) is 12.3. The number of hydrogen-bond acceptors (Lipinski definition) is 8. The molecule has 0 saturated heterocycles. The Hall–Kier alpha value is -0.330. The van der Waals surface area contributed by atoms with Gasteiger partial charge in [-0.1, -0.05) is 13.0 Å². The van der Waals surface area contributed by atoms with Gasteiger partial charge in [-0.05, 0) is 53.9 Å². The molecule has 0 fully saturated rings. The molecule has 0 saturated carbocycles. The van der Waals surface area contributed by atoms with Crippen LogP contribution in [0, 0.1) is 0 Å². The van der Waals surface area contributed by atoms with Crippen molar-refractivity contribution in [2.45, 2.75) is 66.1 Å². The molecule has 8 nitrogen and oxygen atoms in total. The first-order valence-electron chi connectivity index (χ1n) is 9.78. The normalized spacial score (nSPS) is 12.9. The molecule has 0 heterocycles. The number of ether oxygens (including phenoxy) is 1. The van der Waals surface area contributed by atoms with Gasteiger partial charge >= 0.3 is 13.8 Å². The number of hydrogen-bond donors (Lipinski definition) is 0. The number of rotatable bonds is 18. The summed E-state index contributed by atoms with van der Waals surface area (Å²) in [5.74, 6) is -0.927. The Balaban J connectivity index is 4.78. The average molecular weight is 442 g/mol. The molecule has 0 aliphatic heterocycles. The van der Waals surface area contributed by atoms with Gasteiger partial charge in [-0.25, -0.2) is 9.36 Å². The van der Waals surface area contributed by atoms with Crippen molar-refractivity contribution in [3.63, 3.8) is 0 Å². The molecule has 0 radical (unpaired) electrons. The van der Waals surface area contributed by atoms with Crippen LogP contribution in [0.2, 0.25) is 0 Å². The Labute approximate surface area is 170 Å². The molecule has 28 heavy (non-hydrogen) atoms. The fraction of sp³-hybridized carbons (Fsp3) is 0.833. The maximum atomic E-state index is 12.8. The van der Waals surface area contributed by atoms with E-state index in [1.165, 1.54) is 0 Å². The second-order valence-electron chi connectivity index (χ2n) is 5.73. The maximum Gasteiger partial charge on any atom is 0.475 e. The zero-order valence-electron chi connectivity index (χ0n) is 17.8. The van der Waals surface area contributed by atoms with E-state index in [1.54, 1.807) is 20.8 Å². The predicted molar refractivity (Wildman–Crippen MR) is 110 cm³/mol. The summed E-state index contributed by atoms with van der Waals surface area (Å²) >= 11 is 0. The first-order valence-corrected chi connectivity index (χ1v) is 12.5. The molecule has 0 aromatic rings. The fourth-order valence-corrected chi connectivity index (χ4v) is 5.30. The molecule has 0 spiro atoms. The molecule has 1 unspecified atom stereocenters. The Morgan fingerprint density at radius 1 is 0.964 bits per heavy atom. The smallest absolute Gasteiger partial charge is 0.462 e. The van der Waals surface area contributed by atoms with Gasteiger partial charge in [-0.2, -0.15) is 0 Å². The highest BCUT2D eigenvalue weighted by atomic mass is 31.2. The molecule has 0 amide bonds. The molecule has 1 atom stereocenters. The van der Waals surface area contributed by atoms with Gasteiger partial charge in [0.15, 0.2) is 0 Å². The van der Waals surface area contributed by atoms with Crippen molar-refractivity contribution in [1.82, 2.24) is 0 Å². The van der Waals surface area contributed by atoms with E-state index in [1.807, 2.05) is 13.8 Å². The zero-order valence-corrected chi connectivity index (χ0v) is 19.6. The van der Waals surface area contributed by atoms with Crippen molar-refractivity contribution in [1.29, 1.82) is 0 Å². The minimum atomic E-state index is -3.69. The lowest BCUT2D eigenvalue weighted by atomic mass is 10.2. The van der Waals surface area contributed by atoms with Crippen LogP contribution in [0.3, 0.4) is 0 Å². The van der Waals surface area contributed by atoms with Crippen molar-refractivity contribution in [2.75, 3.05) is 33.0 Å². The summed E-state index contributed by atoms with van der Waals surface area (Å²) in [5, 5.41) is 0. The first-order chi connectivity index (χ1) is 13.3. The highest BCUT2D eigenvalue weighted by molar-refractivity contribution is 7.51. The number of carbonyl (C=O) groups excluding carboxylic acids is 1. The van der Waals surface area contributed by atoms with E-state index >= 15 is 0 Å². The summed E-state index contributed by atoms with van der Waals surface area (Å²) in [5.41, 5.74) is 0.384. The van der Waals surface area contributed by atoms with Gasteiger partial charge in [0.25, 0.3) is 0 Å². The summed E-state index contributed by atoms with van der Waals surface area (Å²) in [6.07, 6.45) is 2.83. The monoisotopic (exact) mass is 442 g/mol. The number of esters is 1.